The van der Waals surface area contributed by atoms with Crippen LogP contribution < -0.4 is 5.73 Å². The number of rotatable bonds is 1. The molecular weight excluding hydrogens is 184 g/mol. The van der Waals surface area contributed by atoms with Crippen molar-refractivity contribution in [2.24, 2.45) is 10.7 Å². The molecule has 2 unspecified atom stereocenters. The highest BCUT2D eigenvalue weighted by atomic mass is 32.2. The third-order valence-electron chi connectivity index (χ3n) is 2.08. The maximum atomic E-state index is 10.9. The topological polar surface area (TPSA) is 55.5 Å². The van der Waals surface area contributed by atoms with E-state index in [4.69, 9.17) is 5.73 Å². The number of carbonyl (C=O) groups is 1. The van der Waals surface area contributed by atoms with Crippen LogP contribution >= 0.6 is 11.8 Å². The monoisotopic (exact) mass is 194 g/mol. The molecule has 68 valence electrons. The molecule has 2 atom stereocenters. The molecule has 1 amide bonds. The molecule has 1 aliphatic heterocycles. The summed E-state index contributed by atoms with van der Waals surface area (Å²) in [4.78, 5) is 15.2. The Labute approximate surface area is 80.8 Å². The minimum Gasteiger partial charge on any atom is -0.366 e. The fourth-order valence-corrected chi connectivity index (χ4v) is 2.34. The third-order valence-corrected chi connectivity index (χ3v) is 3.24. The van der Waals surface area contributed by atoms with E-state index in [1.54, 1.807) is 6.08 Å². The van der Waals surface area contributed by atoms with Gasteiger partial charge in [0.25, 0.3) is 0 Å². The number of hydrogen-bond donors (Lipinski definition) is 1. The highest BCUT2D eigenvalue weighted by Crippen LogP contribution is 2.27. The quantitative estimate of drug-likeness (QED) is 0.661. The summed E-state index contributed by atoms with van der Waals surface area (Å²) in [6, 6.07) is 0.103. The van der Waals surface area contributed by atoms with Gasteiger partial charge in [-0.15, -0.1) is 11.8 Å². The first kappa shape index (κ1) is 8.56. The molecule has 0 saturated carbocycles. The van der Waals surface area contributed by atoms with Gasteiger partial charge in [-0.1, -0.05) is 12.2 Å². The Bertz CT molecular complexity index is 320. The van der Waals surface area contributed by atoms with Crippen molar-refractivity contribution in [3.63, 3.8) is 0 Å². The van der Waals surface area contributed by atoms with Crippen molar-refractivity contribution in [1.82, 2.24) is 0 Å². The van der Waals surface area contributed by atoms with Gasteiger partial charge in [-0.3, -0.25) is 9.79 Å². The number of nitrogens with zero attached hydrogens (tertiary/aromatic N) is 1. The third kappa shape index (κ3) is 1.67. The molecule has 0 fully saturated rings. The number of carbonyl (C=O) groups excluding carboxylic acids is 1. The van der Waals surface area contributed by atoms with Crippen molar-refractivity contribution in [1.29, 1.82) is 0 Å². The Hall–Kier alpha value is -1.03. The molecule has 0 spiro atoms. The average molecular weight is 194 g/mol. The molecule has 0 aromatic heterocycles. The Kier molecular flexibility index (Phi) is 2.22. The SMILES string of the molecule is NC(=O)C1=CC2N=CCSC2C=C1. The summed E-state index contributed by atoms with van der Waals surface area (Å²) in [5, 5.41) is 0.382. The lowest BCUT2D eigenvalue weighted by atomic mass is 10.0. The number of nitrogens with two attached hydrogens (primary N) is 1. The second-order valence-electron chi connectivity index (χ2n) is 2.97. The van der Waals surface area contributed by atoms with Crippen molar-refractivity contribution in [3.8, 4) is 0 Å². The van der Waals surface area contributed by atoms with Gasteiger partial charge in [0.1, 0.15) is 0 Å². The minimum absolute atomic E-state index is 0.103. The van der Waals surface area contributed by atoms with Crippen molar-refractivity contribution >= 4 is 23.9 Å². The summed E-state index contributed by atoms with van der Waals surface area (Å²) >= 11 is 1.83. The van der Waals surface area contributed by atoms with Crippen LogP contribution in [0.5, 0.6) is 0 Å². The van der Waals surface area contributed by atoms with Gasteiger partial charge in [-0.2, -0.15) is 0 Å². The van der Waals surface area contributed by atoms with Crippen LogP contribution in [0.3, 0.4) is 0 Å². The molecule has 4 heteroatoms. The lowest BCUT2D eigenvalue weighted by Gasteiger charge is -2.24. The Morgan fingerprint density at radius 3 is 3.31 bits per heavy atom. The van der Waals surface area contributed by atoms with Crippen LogP contribution in [0.4, 0.5) is 0 Å². The number of thioether (sulfide) groups is 1. The zero-order valence-corrected chi connectivity index (χ0v) is 7.83. The van der Waals surface area contributed by atoms with Crippen molar-refractivity contribution in [2.75, 3.05) is 5.75 Å². The molecule has 1 heterocycles. The predicted molar refractivity (Wildman–Crippen MR) is 54.9 cm³/mol. The highest BCUT2D eigenvalue weighted by Gasteiger charge is 2.23. The molecule has 3 nitrogen and oxygen atoms in total. The van der Waals surface area contributed by atoms with Gasteiger partial charge in [0, 0.05) is 22.8 Å². The van der Waals surface area contributed by atoms with Crippen LogP contribution in [0.2, 0.25) is 0 Å². The fourth-order valence-electron chi connectivity index (χ4n) is 1.41. The smallest absolute Gasteiger partial charge is 0.248 e. The molecule has 2 aliphatic rings. The van der Waals surface area contributed by atoms with E-state index in [0.717, 1.165) is 5.75 Å². The van der Waals surface area contributed by atoms with E-state index >= 15 is 0 Å². The zero-order valence-electron chi connectivity index (χ0n) is 7.01. The van der Waals surface area contributed by atoms with Crippen LogP contribution in [-0.2, 0) is 4.79 Å². The van der Waals surface area contributed by atoms with Crippen molar-refractivity contribution in [3.05, 3.63) is 23.8 Å². The molecule has 0 bridgehead atoms. The summed E-state index contributed by atoms with van der Waals surface area (Å²) in [5.74, 6) is 0.575. The number of fused-ring (bicyclic) bond motifs is 1. The first-order valence-electron chi connectivity index (χ1n) is 4.10. The zero-order chi connectivity index (χ0) is 9.26. The van der Waals surface area contributed by atoms with E-state index in [-0.39, 0.29) is 11.9 Å². The largest absolute Gasteiger partial charge is 0.366 e. The molecule has 13 heavy (non-hydrogen) atoms. The minimum atomic E-state index is -0.375. The number of hydrogen-bond acceptors (Lipinski definition) is 3. The van der Waals surface area contributed by atoms with Crippen LogP contribution in [-0.4, -0.2) is 29.2 Å². The molecule has 2 rings (SSSR count). The van der Waals surface area contributed by atoms with E-state index in [0.29, 0.717) is 10.8 Å². The summed E-state index contributed by atoms with van der Waals surface area (Å²) in [6.45, 7) is 0. The standard InChI is InChI=1S/C9H10N2OS/c10-9(12)6-1-2-8-7(5-6)11-3-4-13-8/h1-3,5,7-8H,4H2,(H2,10,12). The van der Waals surface area contributed by atoms with Crippen molar-refractivity contribution < 1.29 is 4.79 Å². The van der Waals surface area contributed by atoms with Crippen molar-refractivity contribution in [2.45, 2.75) is 11.3 Å². The van der Waals surface area contributed by atoms with Gasteiger partial charge >= 0.3 is 0 Å². The van der Waals surface area contributed by atoms with Crippen LogP contribution in [0.15, 0.2) is 28.8 Å². The van der Waals surface area contributed by atoms with Gasteiger partial charge in [-0.05, 0) is 6.08 Å². The first-order chi connectivity index (χ1) is 6.27. The molecule has 0 aromatic rings. The van der Waals surface area contributed by atoms with Gasteiger partial charge in [0.2, 0.25) is 5.91 Å². The highest BCUT2D eigenvalue weighted by molar-refractivity contribution is 8.00. The molecule has 1 aliphatic carbocycles. The average Bonchev–Trinajstić information content (AvgIpc) is 2.17. The molecule has 0 radical (unpaired) electrons. The summed E-state index contributed by atoms with van der Waals surface area (Å²) in [7, 11) is 0. The van der Waals surface area contributed by atoms with Crippen LogP contribution in [0.25, 0.3) is 0 Å². The lowest BCUT2D eigenvalue weighted by Crippen LogP contribution is -2.27. The maximum Gasteiger partial charge on any atom is 0.248 e. The van der Waals surface area contributed by atoms with E-state index in [1.165, 1.54) is 0 Å². The van der Waals surface area contributed by atoms with Gasteiger partial charge < -0.3 is 5.73 Å². The predicted octanol–water partition coefficient (Wildman–Crippen LogP) is 0.523. The normalized spacial score (nSPS) is 30.9. The number of aliphatic imine (C=N–C) groups is 1. The number of amides is 1. The van der Waals surface area contributed by atoms with E-state index < -0.39 is 0 Å². The molecule has 0 aromatic carbocycles. The Morgan fingerprint density at radius 1 is 1.69 bits per heavy atom. The second kappa shape index (κ2) is 3.38. The fraction of sp³-hybridized carbons (Fsp3) is 0.333. The molecular formula is C9H10N2OS. The van der Waals surface area contributed by atoms with Gasteiger partial charge in [-0.25, -0.2) is 0 Å². The Morgan fingerprint density at radius 2 is 2.54 bits per heavy atom. The van der Waals surface area contributed by atoms with Gasteiger partial charge in [0.15, 0.2) is 0 Å². The van der Waals surface area contributed by atoms with E-state index in [2.05, 4.69) is 4.99 Å². The summed E-state index contributed by atoms with van der Waals surface area (Å²) in [6.07, 6.45) is 7.53. The lowest BCUT2D eigenvalue weighted by molar-refractivity contribution is -0.114. The summed E-state index contributed by atoms with van der Waals surface area (Å²) < 4.78 is 0. The van der Waals surface area contributed by atoms with Crippen LogP contribution in [0, 0.1) is 0 Å². The number of primary amides is 1. The first-order valence-corrected chi connectivity index (χ1v) is 5.15. The van der Waals surface area contributed by atoms with E-state index in [9.17, 15) is 4.79 Å². The van der Waals surface area contributed by atoms with E-state index in [1.807, 2.05) is 30.1 Å². The molecule has 0 saturated heterocycles. The maximum absolute atomic E-state index is 10.9. The second-order valence-corrected chi connectivity index (χ2v) is 4.18. The van der Waals surface area contributed by atoms with Gasteiger partial charge in [0.05, 0.1) is 6.04 Å². The molecule has 2 N–H and O–H groups in total. The summed E-state index contributed by atoms with van der Waals surface area (Å²) in [5.41, 5.74) is 5.74. The Balaban J connectivity index is 2.24. The van der Waals surface area contributed by atoms with Crippen LogP contribution in [0.1, 0.15) is 0 Å².